The Morgan fingerprint density at radius 1 is 0.698 bits per heavy atom. The molecule has 0 fully saturated rings. The summed E-state index contributed by atoms with van der Waals surface area (Å²) in [6.45, 7) is 5.71. The normalized spacial score (nSPS) is 11.0. The van der Waals surface area contributed by atoms with Crippen LogP contribution in [0.4, 0.5) is 23.3 Å². The molecule has 43 heavy (non-hydrogen) atoms. The molecule has 0 spiro atoms. The Labute approximate surface area is 253 Å². The number of nitrogens with zero attached hydrogens (tertiary/aromatic N) is 4. The van der Waals surface area contributed by atoms with Crippen LogP contribution in [0, 0.1) is 0 Å². The van der Waals surface area contributed by atoms with Gasteiger partial charge in [-0.25, -0.2) is 5.43 Å². The van der Waals surface area contributed by atoms with Crippen molar-refractivity contribution in [1.82, 2.24) is 9.97 Å². The van der Waals surface area contributed by atoms with Crippen molar-refractivity contribution in [2.45, 2.75) is 39.5 Å². The third kappa shape index (κ3) is 10.3. The minimum atomic E-state index is 0.280. The molecule has 0 saturated carbocycles. The second-order valence-electron chi connectivity index (χ2n) is 9.57. The molecule has 0 atom stereocenters. The third-order valence-electron chi connectivity index (χ3n) is 6.16. The molecular formula is C33H39N7O3. The summed E-state index contributed by atoms with van der Waals surface area (Å²) >= 11 is 0. The number of hydrogen-bond acceptors (Lipinski definition) is 10. The molecule has 0 radical (unpaired) electrons. The minimum Gasteiger partial charge on any atom is -0.495 e. The van der Waals surface area contributed by atoms with E-state index in [1.54, 1.807) is 25.6 Å². The van der Waals surface area contributed by atoms with Gasteiger partial charge in [0, 0.05) is 6.07 Å². The Hall–Kier alpha value is -5.12. The van der Waals surface area contributed by atoms with Gasteiger partial charge < -0.3 is 19.5 Å². The zero-order chi connectivity index (χ0) is 30.1. The van der Waals surface area contributed by atoms with Crippen molar-refractivity contribution in [1.29, 1.82) is 0 Å². The SMILES string of the molecule is CCCCOc1ccc(C=NNc2cc(Nc3ccccc3OC)nc(NN=Cc3ccc(OCCCC)cc3)n2)cc1. The van der Waals surface area contributed by atoms with Crippen LogP contribution in [-0.4, -0.2) is 42.7 Å². The quantitative estimate of drug-likeness (QED) is 0.0668. The number of rotatable bonds is 17. The molecule has 0 bridgehead atoms. The molecule has 10 nitrogen and oxygen atoms in total. The maximum absolute atomic E-state index is 5.73. The third-order valence-corrected chi connectivity index (χ3v) is 6.16. The number of ether oxygens (including phenoxy) is 3. The Morgan fingerprint density at radius 2 is 1.26 bits per heavy atom. The molecule has 3 aromatic carbocycles. The van der Waals surface area contributed by atoms with Crippen molar-refractivity contribution in [2.24, 2.45) is 10.2 Å². The number of aromatic nitrogens is 2. The van der Waals surface area contributed by atoms with Gasteiger partial charge in [0.2, 0.25) is 5.95 Å². The smallest absolute Gasteiger partial charge is 0.247 e. The highest BCUT2D eigenvalue weighted by Crippen LogP contribution is 2.27. The minimum absolute atomic E-state index is 0.280. The molecule has 0 aliphatic rings. The first kappa shape index (κ1) is 30.8. The van der Waals surface area contributed by atoms with Gasteiger partial charge in [0.05, 0.1) is 38.4 Å². The molecular weight excluding hydrogens is 542 g/mol. The molecule has 4 aromatic rings. The summed E-state index contributed by atoms with van der Waals surface area (Å²) < 4.78 is 16.9. The van der Waals surface area contributed by atoms with Crippen LogP contribution in [-0.2, 0) is 0 Å². The first-order valence-corrected chi connectivity index (χ1v) is 14.5. The molecule has 0 amide bonds. The van der Waals surface area contributed by atoms with E-state index in [-0.39, 0.29) is 5.95 Å². The first-order valence-electron chi connectivity index (χ1n) is 14.5. The van der Waals surface area contributed by atoms with Crippen LogP contribution in [0.5, 0.6) is 17.2 Å². The molecule has 0 aliphatic heterocycles. The van der Waals surface area contributed by atoms with Gasteiger partial charge in [-0.1, -0.05) is 38.8 Å². The molecule has 10 heteroatoms. The van der Waals surface area contributed by atoms with Crippen LogP contribution in [0.3, 0.4) is 0 Å². The lowest BCUT2D eigenvalue weighted by Crippen LogP contribution is -2.04. The van der Waals surface area contributed by atoms with Crippen molar-refractivity contribution in [3.05, 3.63) is 90.0 Å². The van der Waals surface area contributed by atoms with E-state index in [1.807, 2.05) is 72.8 Å². The van der Waals surface area contributed by atoms with E-state index in [1.165, 1.54) is 0 Å². The van der Waals surface area contributed by atoms with E-state index in [0.29, 0.717) is 30.6 Å². The molecule has 0 aliphatic carbocycles. The maximum atomic E-state index is 5.73. The Balaban J connectivity index is 1.45. The van der Waals surface area contributed by atoms with Gasteiger partial charge in [0.1, 0.15) is 23.1 Å². The standard InChI is InChI=1S/C33H39N7O3/c1-4-6-20-42-27-16-12-25(13-17-27)23-34-39-32-22-31(36-29-10-8-9-11-30(29)41-3)37-33(38-32)40-35-24-26-14-18-28(19-15-26)43-21-7-5-2/h8-19,22-24H,4-7,20-21H2,1-3H3,(H3,36,37,38,39,40). The number of para-hydroxylation sites is 2. The number of benzene rings is 3. The lowest BCUT2D eigenvalue weighted by Gasteiger charge is -2.12. The number of hydrazone groups is 2. The Morgan fingerprint density at radius 3 is 1.84 bits per heavy atom. The van der Waals surface area contributed by atoms with E-state index in [2.05, 4.69) is 50.2 Å². The summed E-state index contributed by atoms with van der Waals surface area (Å²) in [5.74, 6) is 3.64. The molecule has 224 valence electrons. The fraction of sp³-hybridized carbons (Fsp3) is 0.273. The van der Waals surface area contributed by atoms with Gasteiger partial charge in [-0.3, -0.25) is 5.43 Å². The molecule has 1 aromatic heterocycles. The highest BCUT2D eigenvalue weighted by molar-refractivity contribution is 5.81. The largest absolute Gasteiger partial charge is 0.495 e. The average Bonchev–Trinajstić information content (AvgIpc) is 3.03. The summed E-state index contributed by atoms with van der Waals surface area (Å²) in [5.41, 5.74) is 8.49. The summed E-state index contributed by atoms with van der Waals surface area (Å²) in [7, 11) is 1.62. The number of methoxy groups -OCH3 is 1. The summed E-state index contributed by atoms with van der Waals surface area (Å²) in [6, 6.07) is 24.9. The molecule has 0 saturated heterocycles. The van der Waals surface area contributed by atoms with Gasteiger partial charge in [-0.05, 0) is 84.6 Å². The molecule has 1 heterocycles. The zero-order valence-electron chi connectivity index (χ0n) is 24.9. The van der Waals surface area contributed by atoms with Gasteiger partial charge in [0.25, 0.3) is 0 Å². The molecule has 0 unspecified atom stereocenters. The fourth-order valence-electron chi connectivity index (χ4n) is 3.81. The predicted octanol–water partition coefficient (Wildman–Crippen LogP) is 7.48. The highest BCUT2D eigenvalue weighted by atomic mass is 16.5. The highest BCUT2D eigenvalue weighted by Gasteiger charge is 2.08. The van der Waals surface area contributed by atoms with Crippen LogP contribution < -0.4 is 30.4 Å². The van der Waals surface area contributed by atoms with Gasteiger partial charge >= 0.3 is 0 Å². The second-order valence-corrected chi connectivity index (χ2v) is 9.57. The lowest BCUT2D eigenvalue weighted by atomic mass is 10.2. The van der Waals surface area contributed by atoms with Crippen LogP contribution in [0.1, 0.15) is 50.7 Å². The molecule has 3 N–H and O–H groups in total. The average molecular weight is 582 g/mol. The van der Waals surface area contributed by atoms with E-state index < -0.39 is 0 Å². The first-order chi connectivity index (χ1) is 21.2. The number of anilines is 4. The van der Waals surface area contributed by atoms with Crippen LogP contribution in [0.25, 0.3) is 0 Å². The number of unbranched alkanes of at least 4 members (excludes halogenated alkanes) is 2. The summed E-state index contributed by atoms with van der Waals surface area (Å²) in [6.07, 6.45) is 7.67. The monoisotopic (exact) mass is 581 g/mol. The summed E-state index contributed by atoms with van der Waals surface area (Å²) in [5, 5.41) is 12.0. The van der Waals surface area contributed by atoms with E-state index in [4.69, 9.17) is 14.2 Å². The van der Waals surface area contributed by atoms with Crippen molar-refractivity contribution in [3.8, 4) is 17.2 Å². The predicted molar refractivity (Wildman–Crippen MR) is 174 cm³/mol. The van der Waals surface area contributed by atoms with Crippen LogP contribution >= 0.6 is 0 Å². The van der Waals surface area contributed by atoms with Gasteiger partial charge in [0.15, 0.2) is 5.82 Å². The van der Waals surface area contributed by atoms with Crippen LogP contribution in [0.2, 0.25) is 0 Å². The van der Waals surface area contributed by atoms with Crippen molar-refractivity contribution >= 4 is 35.7 Å². The van der Waals surface area contributed by atoms with E-state index >= 15 is 0 Å². The summed E-state index contributed by atoms with van der Waals surface area (Å²) in [4.78, 5) is 9.09. The lowest BCUT2D eigenvalue weighted by molar-refractivity contribution is 0.309. The van der Waals surface area contributed by atoms with Crippen molar-refractivity contribution in [3.63, 3.8) is 0 Å². The maximum Gasteiger partial charge on any atom is 0.247 e. The fourth-order valence-corrected chi connectivity index (χ4v) is 3.81. The second kappa shape index (κ2) is 17.0. The van der Waals surface area contributed by atoms with Crippen molar-refractivity contribution in [2.75, 3.05) is 36.5 Å². The molecule has 4 rings (SSSR count). The number of nitrogens with one attached hydrogen (secondary N) is 3. The Kier molecular flexibility index (Phi) is 12.2. The zero-order valence-corrected chi connectivity index (χ0v) is 24.9. The van der Waals surface area contributed by atoms with Gasteiger partial charge in [-0.2, -0.15) is 20.2 Å². The topological polar surface area (TPSA) is 114 Å². The Bertz CT molecular complexity index is 1370. The van der Waals surface area contributed by atoms with Crippen LogP contribution in [0.15, 0.2) is 89.1 Å². The van der Waals surface area contributed by atoms with E-state index in [9.17, 15) is 0 Å². The van der Waals surface area contributed by atoms with E-state index in [0.717, 1.165) is 54.0 Å². The van der Waals surface area contributed by atoms with Crippen molar-refractivity contribution < 1.29 is 14.2 Å². The number of hydrogen-bond donors (Lipinski definition) is 3. The van der Waals surface area contributed by atoms with Gasteiger partial charge in [-0.15, -0.1) is 0 Å².